The first-order valence-corrected chi connectivity index (χ1v) is 9.76. The first-order chi connectivity index (χ1) is 10.8. The number of hydrogen-bond acceptors (Lipinski definition) is 4. The number of rotatable bonds is 2. The normalized spacial score (nSPS) is 23.6. The summed E-state index contributed by atoms with van der Waals surface area (Å²) in [5, 5.41) is -0.333. The summed E-state index contributed by atoms with van der Waals surface area (Å²) in [7, 11) is -3.46. The Balaban J connectivity index is 2.19. The first-order valence-electron chi connectivity index (χ1n) is 7.29. The second-order valence-electron chi connectivity index (χ2n) is 5.68. The predicted molar refractivity (Wildman–Crippen MR) is 87.8 cm³/mol. The van der Waals surface area contributed by atoms with Crippen molar-refractivity contribution in [2.24, 2.45) is 0 Å². The Morgan fingerprint density at radius 3 is 2.65 bits per heavy atom. The van der Waals surface area contributed by atoms with Crippen molar-refractivity contribution in [3.8, 4) is 0 Å². The highest BCUT2D eigenvalue weighted by atomic mass is 35.5. The summed E-state index contributed by atoms with van der Waals surface area (Å²) in [4.78, 5) is 25.0. The van der Waals surface area contributed by atoms with E-state index in [1.165, 1.54) is 18.2 Å². The summed E-state index contributed by atoms with van der Waals surface area (Å²) < 4.78 is 24.4. The van der Waals surface area contributed by atoms with Crippen LogP contribution in [0.3, 0.4) is 0 Å². The zero-order valence-corrected chi connectivity index (χ0v) is 14.5. The topological polar surface area (TPSA) is 68.3 Å². The van der Waals surface area contributed by atoms with Crippen LogP contribution in [0, 0.1) is 0 Å². The molecule has 7 heteroatoms. The predicted octanol–water partition coefficient (Wildman–Crippen LogP) is 3.57. The van der Waals surface area contributed by atoms with Gasteiger partial charge in [-0.15, -0.1) is 11.6 Å². The van der Waals surface area contributed by atoms with Gasteiger partial charge in [0.05, 0.1) is 21.6 Å². The van der Waals surface area contributed by atoms with Crippen LogP contribution in [-0.2, 0) is 14.6 Å². The summed E-state index contributed by atoms with van der Waals surface area (Å²) >= 11 is 12.4. The maximum atomic E-state index is 12.8. The largest absolute Gasteiger partial charge is 0.294 e. The van der Waals surface area contributed by atoms with Gasteiger partial charge >= 0.3 is 0 Å². The van der Waals surface area contributed by atoms with E-state index < -0.39 is 21.0 Å². The Morgan fingerprint density at radius 1 is 1.22 bits per heavy atom. The van der Waals surface area contributed by atoms with Crippen molar-refractivity contribution in [2.75, 3.05) is 5.75 Å². The van der Waals surface area contributed by atoms with E-state index in [0.717, 1.165) is 0 Å². The number of fused-ring (bicyclic) bond motifs is 1. The van der Waals surface area contributed by atoms with Crippen molar-refractivity contribution >= 4 is 44.6 Å². The molecule has 0 saturated carbocycles. The maximum Gasteiger partial charge on any atom is 0.198 e. The number of hydrogen-bond donors (Lipinski definition) is 0. The lowest BCUT2D eigenvalue weighted by molar-refractivity contribution is -0.115. The molecule has 0 spiro atoms. The van der Waals surface area contributed by atoms with Gasteiger partial charge in [-0.05, 0) is 30.9 Å². The van der Waals surface area contributed by atoms with Crippen molar-refractivity contribution in [2.45, 2.75) is 36.0 Å². The number of ketones is 2. The molecule has 1 aromatic carbocycles. The van der Waals surface area contributed by atoms with Crippen LogP contribution in [0.25, 0.3) is 0 Å². The van der Waals surface area contributed by atoms with Crippen LogP contribution in [0.5, 0.6) is 0 Å². The van der Waals surface area contributed by atoms with E-state index >= 15 is 0 Å². The number of carbonyl (C=O) groups is 2. The van der Waals surface area contributed by atoms with Crippen LogP contribution >= 0.6 is 23.2 Å². The summed E-state index contributed by atoms with van der Waals surface area (Å²) in [5.74, 6) is -0.873. The van der Waals surface area contributed by atoms with Crippen LogP contribution < -0.4 is 0 Å². The van der Waals surface area contributed by atoms with Crippen molar-refractivity contribution in [3.05, 3.63) is 39.9 Å². The van der Waals surface area contributed by atoms with Gasteiger partial charge in [0.15, 0.2) is 21.4 Å². The van der Waals surface area contributed by atoms with Gasteiger partial charge in [0.25, 0.3) is 0 Å². The molecule has 0 bridgehead atoms. The molecule has 0 fully saturated rings. The van der Waals surface area contributed by atoms with E-state index in [4.69, 9.17) is 23.2 Å². The zero-order valence-electron chi connectivity index (χ0n) is 12.1. The minimum Gasteiger partial charge on any atom is -0.294 e. The fourth-order valence-electron chi connectivity index (χ4n) is 3.04. The molecule has 1 aromatic rings. The third-order valence-corrected chi connectivity index (χ3v) is 6.79. The maximum absolute atomic E-state index is 12.8. The van der Waals surface area contributed by atoms with Gasteiger partial charge in [0.2, 0.25) is 0 Å². The summed E-state index contributed by atoms with van der Waals surface area (Å²) in [6, 6.07) is 4.46. The highest BCUT2D eigenvalue weighted by Gasteiger charge is 2.35. The Bertz CT molecular complexity index is 840. The molecule has 1 aliphatic carbocycles. The average molecular weight is 373 g/mol. The molecule has 0 saturated heterocycles. The van der Waals surface area contributed by atoms with Gasteiger partial charge in [0, 0.05) is 17.0 Å². The van der Waals surface area contributed by atoms with E-state index in [2.05, 4.69) is 0 Å². The fourth-order valence-corrected chi connectivity index (χ4v) is 5.54. The molecule has 1 atom stereocenters. The van der Waals surface area contributed by atoms with E-state index in [0.29, 0.717) is 18.4 Å². The minimum absolute atomic E-state index is 0.0295. The average Bonchev–Trinajstić information content (AvgIpc) is 2.50. The van der Waals surface area contributed by atoms with E-state index in [-0.39, 0.29) is 45.4 Å². The van der Waals surface area contributed by atoms with Gasteiger partial charge < -0.3 is 0 Å². The van der Waals surface area contributed by atoms with Crippen LogP contribution in [0.2, 0.25) is 0 Å². The molecule has 23 heavy (non-hydrogen) atoms. The SMILES string of the molecule is O=C1CCCC(Cl)=C1C(=O)c1cccc2c1C(Cl)CCS2(=O)=O. The standard InChI is InChI=1S/C16H14Cl2O4S/c17-10-4-2-5-12(19)15(10)16(20)9-3-1-6-13-14(9)11(18)7-8-23(13,21)22/h1,3,6,11H,2,4-5,7-8H2. The molecule has 0 amide bonds. The third-order valence-electron chi connectivity index (χ3n) is 4.18. The van der Waals surface area contributed by atoms with Crippen LogP contribution in [0.1, 0.15) is 47.0 Å². The van der Waals surface area contributed by atoms with Gasteiger partial charge in [-0.2, -0.15) is 0 Å². The number of benzene rings is 1. The smallest absolute Gasteiger partial charge is 0.198 e. The summed E-state index contributed by atoms with van der Waals surface area (Å²) in [5.41, 5.74) is 0.424. The fraction of sp³-hybridized carbons (Fsp3) is 0.375. The van der Waals surface area contributed by atoms with Crippen molar-refractivity contribution < 1.29 is 18.0 Å². The van der Waals surface area contributed by atoms with E-state index in [1.54, 1.807) is 0 Å². The van der Waals surface area contributed by atoms with Crippen molar-refractivity contribution in [1.82, 2.24) is 0 Å². The Morgan fingerprint density at radius 2 is 1.96 bits per heavy atom. The molecule has 1 aliphatic heterocycles. The molecule has 1 heterocycles. The Kier molecular flexibility index (Phi) is 4.38. The number of halogens is 2. The quantitative estimate of drug-likeness (QED) is 0.452. The molecular formula is C16H14Cl2O4S. The second-order valence-corrected chi connectivity index (χ2v) is 8.74. The minimum atomic E-state index is -3.46. The number of carbonyl (C=O) groups excluding carboxylic acids is 2. The first kappa shape index (κ1) is 16.7. The van der Waals surface area contributed by atoms with Crippen LogP contribution in [-0.4, -0.2) is 25.7 Å². The monoisotopic (exact) mass is 372 g/mol. The molecule has 0 radical (unpaired) electrons. The van der Waals surface area contributed by atoms with Crippen molar-refractivity contribution in [1.29, 1.82) is 0 Å². The summed E-state index contributed by atoms with van der Waals surface area (Å²) in [6.07, 6.45) is 1.61. The highest BCUT2D eigenvalue weighted by molar-refractivity contribution is 7.91. The van der Waals surface area contributed by atoms with E-state index in [1.807, 2.05) is 0 Å². The Hall–Kier alpha value is -1.17. The molecule has 2 aliphatic rings. The summed E-state index contributed by atoms with van der Waals surface area (Å²) in [6.45, 7) is 0. The second kappa shape index (κ2) is 6.04. The molecular weight excluding hydrogens is 359 g/mol. The molecule has 4 nitrogen and oxygen atoms in total. The molecule has 1 unspecified atom stereocenters. The highest BCUT2D eigenvalue weighted by Crippen LogP contribution is 2.40. The molecule has 0 aromatic heterocycles. The lowest BCUT2D eigenvalue weighted by Crippen LogP contribution is -2.24. The molecule has 122 valence electrons. The van der Waals surface area contributed by atoms with Crippen LogP contribution in [0.15, 0.2) is 33.7 Å². The van der Waals surface area contributed by atoms with Gasteiger partial charge in [-0.1, -0.05) is 23.7 Å². The van der Waals surface area contributed by atoms with Crippen LogP contribution in [0.4, 0.5) is 0 Å². The number of sulfone groups is 1. The molecule has 0 N–H and O–H groups in total. The third kappa shape index (κ3) is 2.86. The molecule has 3 rings (SSSR count). The zero-order chi connectivity index (χ0) is 16.8. The Labute approximate surface area is 144 Å². The number of Topliss-reactive ketones (excluding diaryl/α,β-unsaturated/α-hetero) is 2. The lowest BCUT2D eigenvalue weighted by atomic mass is 9.88. The number of alkyl halides is 1. The lowest BCUT2D eigenvalue weighted by Gasteiger charge is -2.24. The number of allylic oxidation sites excluding steroid dienone is 2. The van der Waals surface area contributed by atoms with Gasteiger partial charge in [-0.3, -0.25) is 9.59 Å². The van der Waals surface area contributed by atoms with Gasteiger partial charge in [0.1, 0.15) is 0 Å². The van der Waals surface area contributed by atoms with Crippen molar-refractivity contribution in [3.63, 3.8) is 0 Å². The van der Waals surface area contributed by atoms with E-state index in [9.17, 15) is 18.0 Å². The van der Waals surface area contributed by atoms with Gasteiger partial charge in [-0.25, -0.2) is 8.42 Å².